The zero-order valence-electron chi connectivity index (χ0n) is 12.8. The Bertz CT molecular complexity index is 679. The van der Waals surface area contributed by atoms with Gasteiger partial charge in [-0.25, -0.2) is 4.39 Å². The molecule has 2 rings (SSSR count). The second-order valence-corrected chi connectivity index (χ2v) is 5.49. The maximum Gasteiger partial charge on any atom is 0.254 e. The summed E-state index contributed by atoms with van der Waals surface area (Å²) in [5.41, 5.74) is 3.86. The van der Waals surface area contributed by atoms with Gasteiger partial charge in [-0.2, -0.15) is 0 Å². The summed E-state index contributed by atoms with van der Waals surface area (Å²) >= 11 is 0. The van der Waals surface area contributed by atoms with Gasteiger partial charge in [0.25, 0.3) is 5.91 Å². The molecule has 0 fully saturated rings. The molecule has 2 aromatic carbocycles. The van der Waals surface area contributed by atoms with Gasteiger partial charge in [0.15, 0.2) is 0 Å². The van der Waals surface area contributed by atoms with E-state index in [1.165, 1.54) is 6.07 Å². The van der Waals surface area contributed by atoms with Crippen molar-refractivity contribution in [3.63, 3.8) is 0 Å². The molecule has 1 amide bonds. The lowest BCUT2D eigenvalue weighted by Gasteiger charge is -2.18. The van der Waals surface area contributed by atoms with Gasteiger partial charge in [-0.3, -0.25) is 4.79 Å². The molecular formula is C18H20FNO. The maximum absolute atomic E-state index is 14.0. The molecule has 0 bridgehead atoms. The van der Waals surface area contributed by atoms with Gasteiger partial charge in [0.2, 0.25) is 0 Å². The summed E-state index contributed by atoms with van der Waals surface area (Å²) in [6, 6.07) is 10.8. The van der Waals surface area contributed by atoms with E-state index in [1.54, 1.807) is 19.1 Å². The Morgan fingerprint density at radius 3 is 2.52 bits per heavy atom. The van der Waals surface area contributed by atoms with Crippen LogP contribution in [0.4, 0.5) is 4.39 Å². The highest BCUT2D eigenvalue weighted by Crippen LogP contribution is 2.20. The van der Waals surface area contributed by atoms with E-state index < -0.39 is 5.82 Å². The normalized spacial score (nSPS) is 12.0. The van der Waals surface area contributed by atoms with Crippen LogP contribution in [-0.4, -0.2) is 5.91 Å². The number of amides is 1. The van der Waals surface area contributed by atoms with E-state index in [-0.39, 0.29) is 17.5 Å². The summed E-state index contributed by atoms with van der Waals surface area (Å²) in [5, 5.41) is 2.87. The molecule has 0 aromatic heterocycles. The van der Waals surface area contributed by atoms with Crippen molar-refractivity contribution >= 4 is 5.91 Å². The molecule has 2 nitrogen and oxygen atoms in total. The van der Waals surface area contributed by atoms with Gasteiger partial charge in [-0.05, 0) is 50.5 Å². The van der Waals surface area contributed by atoms with Crippen molar-refractivity contribution in [2.75, 3.05) is 0 Å². The van der Waals surface area contributed by atoms with Crippen LogP contribution in [0.25, 0.3) is 0 Å². The van der Waals surface area contributed by atoms with Crippen LogP contribution in [-0.2, 0) is 0 Å². The van der Waals surface area contributed by atoms with E-state index in [4.69, 9.17) is 0 Å². The number of nitrogens with one attached hydrogen (secondary N) is 1. The zero-order valence-corrected chi connectivity index (χ0v) is 12.8. The lowest BCUT2D eigenvalue weighted by Crippen LogP contribution is -2.28. The van der Waals surface area contributed by atoms with Crippen molar-refractivity contribution in [2.45, 2.75) is 33.7 Å². The minimum Gasteiger partial charge on any atom is -0.345 e. The van der Waals surface area contributed by atoms with Crippen molar-refractivity contribution in [1.82, 2.24) is 5.32 Å². The summed E-state index contributed by atoms with van der Waals surface area (Å²) in [5.74, 6) is -0.840. The van der Waals surface area contributed by atoms with E-state index >= 15 is 0 Å². The average molecular weight is 285 g/mol. The molecule has 1 unspecified atom stereocenters. The highest BCUT2D eigenvalue weighted by molar-refractivity contribution is 5.94. The fourth-order valence-electron chi connectivity index (χ4n) is 2.40. The first kappa shape index (κ1) is 15.2. The van der Waals surface area contributed by atoms with Crippen LogP contribution in [0.2, 0.25) is 0 Å². The van der Waals surface area contributed by atoms with Crippen LogP contribution in [0.5, 0.6) is 0 Å². The van der Waals surface area contributed by atoms with Gasteiger partial charge < -0.3 is 5.32 Å². The first-order valence-electron chi connectivity index (χ1n) is 7.03. The largest absolute Gasteiger partial charge is 0.345 e. The Labute approximate surface area is 125 Å². The van der Waals surface area contributed by atoms with Crippen molar-refractivity contribution in [1.29, 1.82) is 0 Å². The Balaban J connectivity index is 2.23. The van der Waals surface area contributed by atoms with Gasteiger partial charge in [0, 0.05) is 0 Å². The van der Waals surface area contributed by atoms with E-state index in [0.717, 1.165) is 16.7 Å². The first-order chi connectivity index (χ1) is 9.90. The molecule has 0 spiro atoms. The molecule has 3 heteroatoms. The van der Waals surface area contributed by atoms with Crippen LogP contribution < -0.4 is 5.32 Å². The molecule has 0 radical (unpaired) electrons. The summed E-state index contributed by atoms with van der Waals surface area (Å²) in [7, 11) is 0. The van der Waals surface area contributed by atoms with E-state index in [9.17, 15) is 9.18 Å². The molecule has 0 saturated carbocycles. The van der Waals surface area contributed by atoms with Crippen LogP contribution in [0.15, 0.2) is 36.4 Å². The third kappa shape index (κ3) is 3.30. The molecule has 2 aromatic rings. The van der Waals surface area contributed by atoms with E-state index in [2.05, 4.69) is 5.32 Å². The number of aryl methyl sites for hydroxylation is 3. The fourth-order valence-corrected chi connectivity index (χ4v) is 2.40. The van der Waals surface area contributed by atoms with Gasteiger partial charge in [0.05, 0.1) is 11.6 Å². The summed E-state index contributed by atoms with van der Waals surface area (Å²) in [6.07, 6.45) is 0. The summed E-state index contributed by atoms with van der Waals surface area (Å²) < 4.78 is 14.0. The SMILES string of the molecule is Cc1ccc(C)c(C(C)NC(=O)c2cccc(C)c2F)c1. The topological polar surface area (TPSA) is 29.1 Å². The molecule has 1 atom stereocenters. The molecule has 0 aliphatic carbocycles. The molecule has 0 heterocycles. The standard InChI is InChI=1S/C18H20FNO/c1-11-8-9-12(2)16(10-11)14(4)20-18(21)15-7-5-6-13(3)17(15)19/h5-10,14H,1-4H3,(H,20,21). The van der Waals surface area contributed by atoms with Gasteiger partial charge in [-0.15, -0.1) is 0 Å². The Morgan fingerprint density at radius 1 is 1.10 bits per heavy atom. The smallest absolute Gasteiger partial charge is 0.254 e. The highest BCUT2D eigenvalue weighted by Gasteiger charge is 2.17. The zero-order chi connectivity index (χ0) is 15.6. The van der Waals surface area contributed by atoms with Crippen LogP contribution >= 0.6 is 0 Å². The number of hydrogen-bond donors (Lipinski definition) is 1. The van der Waals surface area contributed by atoms with E-state index in [0.29, 0.717) is 5.56 Å². The van der Waals surface area contributed by atoms with Gasteiger partial charge in [-0.1, -0.05) is 35.9 Å². The fraction of sp³-hybridized carbons (Fsp3) is 0.278. The van der Waals surface area contributed by atoms with E-state index in [1.807, 2.05) is 39.0 Å². The molecule has 1 N–H and O–H groups in total. The molecule has 21 heavy (non-hydrogen) atoms. The number of carbonyl (C=O) groups is 1. The minimum atomic E-state index is -0.455. The third-order valence-corrected chi connectivity index (χ3v) is 3.69. The number of carbonyl (C=O) groups excluding carboxylic acids is 1. The number of halogens is 1. The molecule has 0 aliphatic rings. The summed E-state index contributed by atoms with van der Waals surface area (Å²) in [6.45, 7) is 7.58. The Morgan fingerprint density at radius 2 is 1.81 bits per heavy atom. The highest BCUT2D eigenvalue weighted by atomic mass is 19.1. The minimum absolute atomic E-state index is 0.0900. The number of benzene rings is 2. The van der Waals surface area contributed by atoms with Gasteiger partial charge in [0.1, 0.15) is 5.82 Å². The Kier molecular flexibility index (Phi) is 4.41. The monoisotopic (exact) mass is 285 g/mol. The Hall–Kier alpha value is -2.16. The second kappa shape index (κ2) is 6.08. The van der Waals surface area contributed by atoms with Crippen molar-refractivity contribution in [3.8, 4) is 0 Å². The molecule has 110 valence electrons. The second-order valence-electron chi connectivity index (χ2n) is 5.49. The van der Waals surface area contributed by atoms with Crippen molar-refractivity contribution < 1.29 is 9.18 Å². The maximum atomic E-state index is 14.0. The lowest BCUT2D eigenvalue weighted by molar-refractivity contribution is 0.0935. The van der Waals surface area contributed by atoms with Crippen LogP contribution in [0, 0.1) is 26.6 Å². The van der Waals surface area contributed by atoms with Crippen molar-refractivity contribution in [2.24, 2.45) is 0 Å². The van der Waals surface area contributed by atoms with Crippen LogP contribution in [0.1, 0.15) is 45.6 Å². The predicted octanol–water partition coefficient (Wildman–Crippen LogP) is 4.24. The first-order valence-corrected chi connectivity index (χ1v) is 7.03. The lowest BCUT2D eigenvalue weighted by atomic mass is 9.99. The quantitative estimate of drug-likeness (QED) is 0.897. The number of hydrogen-bond acceptors (Lipinski definition) is 1. The molecule has 0 saturated heterocycles. The van der Waals surface area contributed by atoms with Crippen molar-refractivity contribution in [3.05, 3.63) is 70.0 Å². The third-order valence-electron chi connectivity index (χ3n) is 3.69. The molecule has 0 aliphatic heterocycles. The molecular weight excluding hydrogens is 265 g/mol. The number of rotatable bonds is 3. The van der Waals surface area contributed by atoms with Gasteiger partial charge >= 0.3 is 0 Å². The van der Waals surface area contributed by atoms with Crippen LogP contribution in [0.3, 0.4) is 0 Å². The predicted molar refractivity (Wildman–Crippen MR) is 82.9 cm³/mol. The summed E-state index contributed by atoms with van der Waals surface area (Å²) in [4.78, 5) is 12.2. The average Bonchev–Trinajstić information content (AvgIpc) is 2.44.